The maximum absolute atomic E-state index is 12.6. The van der Waals surface area contributed by atoms with E-state index < -0.39 is 0 Å². The summed E-state index contributed by atoms with van der Waals surface area (Å²) >= 11 is 7.80. The van der Waals surface area contributed by atoms with Crippen LogP contribution in [0.15, 0.2) is 30.5 Å². The van der Waals surface area contributed by atoms with Crippen LogP contribution in [0.4, 0.5) is 0 Å². The fraction of sp³-hybridized carbons (Fsp3) is 0.333. The van der Waals surface area contributed by atoms with E-state index in [0.29, 0.717) is 10.6 Å². The van der Waals surface area contributed by atoms with Crippen molar-refractivity contribution in [1.29, 1.82) is 0 Å². The summed E-state index contributed by atoms with van der Waals surface area (Å²) in [6.07, 6.45) is 1.66. The largest absolute Gasteiger partial charge is 0.337 e. The van der Waals surface area contributed by atoms with Crippen molar-refractivity contribution in [3.8, 4) is 5.69 Å². The molecule has 21 heavy (non-hydrogen) atoms. The van der Waals surface area contributed by atoms with Crippen molar-refractivity contribution in [2.24, 2.45) is 0 Å². The van der Waals surface area contributed by atoms with E-state index in [0.717, 1.165) is 36.0 Å². The van der Waals surface area contributed by atoms with Crippen molar-refractivity contribution < 1.29 is 4.79 Å². The Balaban J connectivity index is 1.88. The molecule has 0 aliphatic carbocycles. The van der Waals surface area contributed by atoms with Crippen LogP contribution in [0.25, 0.3) is 5.69 Å². The zero-order valence-corrected chi connectivity index (χ0v) is 13.3. The summed E-state index contributed by atoms with van der Waals surface area (Å²) in [6.45, 7) is 3.55. The SMILES string of the molecule is Cc1c(C(=O)N2CCSCC2)cnn1-c1ccc(Cl)cc1. The molecular weight excluding hydrogens is 306 g/mol. The molecule has 1 amide bonds. The maximum Gasteiger partial charge on any atom is 0.257 e. The van der Waals surface area contributed by atoms with E-state index in [-0.39, 0.29) is 5.91 Å². The first-order valence-electron chi connectivity index (χ1n) is 6.84. The molecular formula is C15H16ClN3OS. The number of carbonyl (C=O) groups is 1. The van der Waals surface area contributed by atoms with E-state index in [1.807, 2.05) is 47.9 Å². The van der Waals surface area contributed by atoms with Crippen LogP contribution in [-0.4, -0.2) is 45.2 Å². The standard InChI is InChI=1S/C15H16ClN3OS/c1-11-14(15(20)18-6-8-21-9-7-18)10-17-19(11)13-4-2-12(16)3-5-13/h2-5,10H,6-9H2,1H3. The Bertz CT molecular complexity index is 647. The molecule has 0 atom stereocenters. The molecule has 2 heterocycles. The molecule has 3 rings (SSSR count). The van der Waals surface area contributed by atoms with Gasteiger partial charge < -0.3 is 4.90 Å². The molecule has 1 aliphatic rings. The smallest absolute Gasteiger partial charge is 0.257 e. The van der Waals surface area contributed by atoms with Crippen LogP contribution >= 0.6 is 23.4 Å². The second-order valence-electron chi connectivity index (χ2n) is 4.94. The molecule has 1 aromatic carbocycles. The number of carbonyl (C=O) groups excluding carboxylic acids is 1. The lowest BCUT2D eigenvalue weighted by molar-refractivity contribution is 0.0771. The van der Waals surface area contributed by atoms with Gasteiger partial charge in [0.1, 0.15) is 0 Å². The molecule has 1 fully saturated rings. The molecule has 0 unspecified atom stereocenters. The van der Waals surface area contributed by atoms with Crippen molar-refractivity contribution in [3.05, 3.63) is 46.7 Å². The van der Waals surface area contributed by atoms with E-state index in [1.165, 1.54) is 0 Å². The summed E-state index contributed by atoms with van der Waals surface area (Å²) in [5.74, 6) is 2.10. The molecule has 1 aliphatic heterocycles. The highest BCUT2D eigenvalue weighted by Gasteiger charge is 2.22. The van der Waals surface area contributed by atoms with Crippen LogP contribution in [0.5, 0.6) is 0 Å². The summed E-state index contributed by atoms with van der Waals surface area (Å²) in [5.41, 5.74) is 2.45. The highest BCUT2D eigenvalue weighted by Crippen LogP contribution is 2.19. The van der Waals surface area contributed by atoms with Gasteiger partial charge in [0.15, 0.2) is 0 Å². The minimum atomic E-state index is 0.0769. The Morgan fingerprint density at radius 3 is 2.57 bits per heavy atom. The number of hydrogen-bond acceptors (Lipinski definition) is 3. The van der Waals surface area contributed by atoms with Crippen LogP contribution in [0.2, 0.25) is 5.02 Å². The van der Waals surface area contributed by atoms with Gasteiger partial charge in [-0.25, -0.2) is 4.68 Å². The minimum Gasteiger partial charge on any atom is -0.337 e. The average Bonchev–Trinajstić information content (AvgIpc) is 2.90. The highest BCUT2D eigenvalue weighted by atomic mass is 35.5. The highest BCUT2D eigenvalue weighted by molar-refractivity contribution is 7.99. The van der Waals surface area contributed by atoms with Crippen molar-refractivity contribution in [3.63, 3.8) is 0 Å². The van der Waals surface area contributed by atoms with Crippen molar-refractivity contribution in [1.82, 2.24) is 14.7 Å². The molecule has 4 nitrogen and oxygen atoms in total. The first-order valence-corrected chi connectivity index (χ1v) is 8.37. The first kappa shape index (κ1) is 14.5. The van der Waals surface area contributed by atoms with Gasteiger partial charge in [-0.15, -0.1) is 0 Å². The van der Waals surface area contributed by atoms with Crippen LogP contribution in [0.3, 0.4) is 0 Å². The van der Waals surface area contributed by atoms with Gasteiger partial charge in [-0.05, 0) is 31.2 Å². The number of halogens is 1. The number of aromatic nitrogens is 2. The van der Waals surface area contributed by atoms with Crippen LogP contribution in [-0.2, 0) is 0 Å². The quantitative estimate of drug-likeness (QED) is 0.853. The number of amides is 1. The molecule has 0 radical (unpaired) electrons. The zero-order chi connectivity index (χ0) is 14.8. The van der Waals surface area contributed by atoms with Gasteiger partial charge in [-0.1, -0.05) is 11.6 Å². The van der Waals surface area contributed by atoms with Gasteiger partial charge in [0.2, 0.25) is 0 Å². The van der Waals surface area contributed by atoms with Gasteiger partial charge in [-0.2, -0.15) is 16.9 Å². The number of thioether (sulfide) groups is 1. The third-order valence-corrected chi connectivity index (χ3v) is 4.80. The molecule has 1 saturated heterocycles. The van der Waals surface area contributed by atoms with Crippen molar-refractivity contribution in [2.45, 2.75) is 6.92 Å². The summed E-state index contributed by atoms with van der Waals surface area (Å²) in [5, 5.41) is 5.04. The Kier molecular flexibility index (Phi) is 4.22. The molecule has 0 N–H and O–H groups in total. The maximum atomic E-state index is 12.6. The fourth-order valence-corrected chi connectivity index (χ4v) is 3.43. The average molecular weight is 322 g/mol. The topological polar surface area (TPSA) is 38.1 Å². The van der Waals surface area contributed by atoms with Gasteiger partial charge in [-0.3, -0.25) is 4.79 Å². The van der Waals surface area contributed by atoms with E-state index >= 15 is 0 Å². The summed E-state index contributed by atoms with van der Waals surface area (Å²) < 4.78 is 1.78. The molecule has 0 bridgehead atoms. The fourth-order valence-electron chi connectivity index (χ4n) is 2.40. The van der Waals surface area contributed by atoms with Crippen LogP contribution in [0, 0.1) is 6.92 Å². The van der Waals surface area contributed by atoms with Gasteiger partial charge in [0.05, 0.1) is 23.1 Å². The first-order chi connectivity index (χ1) is 10.2. The van der Waals surface area contributed by atoms with Gasteiger partial charge in [0, 0.05) is 29.6 Å². The Morgan fingerprint density at radius 1 is 1.24 bits per heavy atom. The predicted molar refractivity (Wildman–Crippen MR) is 86.5 cm³/mol. The zero-order valence-electron chi connectivity index (χ0n) is 11.8. The number of hydrogen-bond donors (Lipinski definition) is 0. The monoisotopic (exact) mass is 321 g/mol. The van der Waals surface area contributed by atoms with E-state index in [9.17, 15) is 4.79 Å². The third-order valence-electron chi connectivity index (χ3n) is 3.61. The summed E-state index contributed by atoms with van der Waals surface area (Å²) in [4.78, 5) is 14.5. The number of rotatable bonds is 2. The van der Waals surface area contributed by atoms with Crippen molar-refractivity contribution >= 4 is 29.3 Å². The number of nitrogens with zero attached hydrogens (tertiary/aromatic N) is 3. The van der Waals surface area contributed by atoms with E-state index in [1.54, 1.807) is 10.9 Å². The Hall–Kier alpha value is -1.46. The second kappa shape index (κ2) is 6.12. The van der Waals surface area contributed by atoms with E-state index in [2.05, 4.69) is 5.10 Å². The lowest BCUT2D eigenvalue weighted by Gasteiger charge is -2.26. The lowest BCUT2D eigenvalue weighted by Crippen LogP contribution is -2.38. The summed E-state index contributed by atoms with van der Waals surface area (Å²) in [7, 11) is 0. The predicted octanol–water partition coefficient (Wildman–Crippen LogP) is 3.02. The lowest BCUT2D eigenvalue weighted by atomic mass is 10.2. The third kappa shape index (κ3) is 2.94. The molecule has 6 heteroatoms. The van der Waals surface area contributed by atoms with Crippen molar-refractivity contribution in [2.75, 3.05) is 24.6 Å². The molecule has 1 aromatic heterocycles. The second-order valence-corrected chi connectivity index (χ2v) is 6.60. The van der Waals surface area contributed by atoms with E-state index in [4.69, 9.17) is 11.6 Å². The molecule has 110 valence electrons. The summed E-state index contributed by atoms with van der Waals surface area (Å²) in [6, 6.07) is 7.44. The molecule has 0 saturated carbocycles. The molecule has 0 spiro atoms. The minimum absolute atomic E-state index is 0.0769. The van der Waals surface area contributed by atoms with Gasteiger partial charge >= 0.3 is 0 Å². The Labute approximate surface area is 133 Å². The van der Waals surface area contributed by atoms with Crippen LogP contribution < -0.4 is 0 Å². The van der Waals surface area contributed by atoms with Crippen LogP contribution in [0.1, 0.15) is 16.1 Å². The van der Waals surface area contributed by atoms with Gasteiger partial charge in [0.25, 0.3) is 5.91 Å². The Morgan fingerprint density at radius 2 is 1.90 bits per heavy atom. The normalized spacial score (nSPS) is 15.2. The molecule has 2 aromatic rings. The number of benzene rings is 1.